The van der Waals surface area contributed by atoms with Crippen molar-refractivity contribution >= 4 is 28.7 Å². The van der Waals surface area contributed by atoms with Crippen molar-refractivity contribution in [3.8, 4) is 11.5 Å². The van der Waals surface area contributed by atoms with E-state index in [9.17, 15) is 19.5 Å². The summed E-state index contributed by atoms with van der Waals surface area (Å²) in [6, 6.07) is 21.1. The summed E-state index contributed by atoms with van der Waals surface area (Å²) in [7, 11) is 0. The normalized spacial score (nSPS) is 24.4. The van der Waals surface area contributed by atoms with Crippen LogP contribution in [0.4, 0.5) is 0 Å². The van der Waals surface area contributed by atoms with Crippen LogP contribution in [0.3, 0.4) is 0 Å². The smallest absolute Gasteiger partial charge is 0.303 e. The number of Topliss-reactive ketones (excluding diaryl/α,β-unsaturated/α-hetero) is 1. The van der Waals surface area contributed by atoms with E-state index in [4.69, 9.17) is 32.8 Å². The average Bonchev–Trinajstić information content (AvgIpc) is 3.49. The third kappa shape index (κ3) is 6.70. The molecular weight excluding hydrogens is 584 g/mol. The topological polar surface area (TPSA) is 140 Å². The van der Waals surface area contributed by atoms with E-state index >= 15 is 0 Å². The summed E-state index contributed by atoms with van der Waals surface area (Å²) in [4.78, 5) is 38.0. The molecule has 11 nitrogen and oxygen atoms in total. The molecule has 11 heteroatoms. The number of furan rings is 1. The van der Waals surface area contributed by atoms with E-state index in [2.05, 4.69) is 0 Å². The minimum Gasteiger partial charge on any atom is -0.507 e. The van der Waals surface area contributed by atoms with Crippen LogP contribution in [-0.2, 0) is 39.7 Å². The Morgan fingerprint density at radius 3 is 2.44 bits per heavy atom. The molecule has 2 saturated heterocycles. The molecule has 2 aliphatic heterocycles. The number of hydrogen-bond acceptors (Lipinski definition) is 11. The lowest BCUT2D eigenvalue weighted by Gasteiger charge is -2.47. The predicted octanol–water partition coefficient (Wildman–Crippen LogP) is 5.04. The quantitative estimate of drug-likeness (QED) is 0.200. The molecule has 4 aromatic rings. The van der Waals surface area contributed by atoms with E-state index < -0.39 is 48.9 Å². The van der Waals surface area contributed by atoms with Crippen LogP contribution in [-0.4, -0.2) is 60.1 Å². The number of phenols is 1. The summed E-state index contributed by atoms with van der Waals surface area (Å²) in [5.41, 5.74) is 2.35. The number of rotatable bonds is 9. The van der Waals surface area contributed by atoms with Gasteiger partial charge in [-0.05, 0) is 42.3 Å². The molecule has 0 spiro atoms. The van der Waals surface area contributed by atoms with E-state index in [1.165, 1.54) is 32.0 Å². The van der Waals surface area contributed by atoms with Crippen molar-refractivity contribution < 1.29 is 52.3 Å². The molecule has 234 valence electrons. The molecular formula is C34H32O11. The highest BCUT2D eigenvalue weighted by Crippen LogP contribution is 2.39. The van der Waals surface area contributed by atoms with Crippen molar-refractivity contribution in [2.24, 2.45) is 0 Å². The summed E-state index contributed by atoms with van der Waals surface area (Å²) >= 11 is 0. The second kappa shape index (κ2) is 13.1. The van der Waals surface area contributed by atoms with Gasteiger partial charge < -0.3 is 37.9 Å². The molecule has 2 fully saturated rings. The predicted molar refractivity (Wildman–Crippen MR) is 157 cm³/mol. The minimum atomic E-state index is -1.35. The summed E-state index contributed by atoms with van der Waals surface area (Å²) in [5.74, 6) is -1.97. The van der Waals surface area contributed by atoms with Crippen LogP contribution in [0.2, 0.25) is 0 Å². The van der Waals surface area contributed by atoms with Gasteiger partial charge in [0.1, 0.15) is 34.9 Å². The molecule has 0 radical (unpaired) electrons. The van der Waals surface area contributed by atoms with E-state index in [-0.39, 0.29) is 35.9 Å². The third-order valence-corrected chi connectivity index (χ3v) is 7.64. The van der Waals surface area contributed by atoms with Crippen molar-refractivity contribution in [2.45, 2.75) is 63.7 Å². The van der Waals surface area contributed by atoms with Crippen LogP contribution in [0.5, 0.6) is 11.5 Å². The molecule has 1 unspecified atom stereocenters. The van der Waals surface area contributed by atoms with Crippen LogP contribution in [0.1, 0.15) is 48.0 Å². The first-order valence-corrected chi connectivity index (χ1v) is 14.6. The number of carbonyl (C=O) groups is 3. The SMILES string of the molecule is CC(=O)O[C@@H]1[C@@H](OC(C)=O)[C@H](Oc2cccc(O)c2C(=O)CCc2ccc3occc3c2)O[C@@H]2COC(c3ccccc3)O[C@@H]12. The Hall–Kier alpha value is -4.71. The highest BCUT2D eigenvalue weighted by Gasteiger charge is 2.54. The first-order chi connectivity index (χ1) is 21.8. The monoisotopic (exact) mass is 616 g/mol. The second-order valence-corrected chi connectivity index (χ2v) is 10.9. The lowest BCUT2D eigenvalue weighted by atomic mass is 9.97. The Balaban J connectivity index is 1.25. The third-order valence-electron chi connectivity index (χ3n) is 7.64. The Morgan fingerprint density at radius 2 is 1.67 bits per heavy atom. The van der Waals surface area contributed by atoms with Gasteiger partial charge in [0.25, 0.3) is 0 Å². The van der Waals surface area contributed by atoms with Gasteiger partial charge in [-0.25, -0.2) is 0 Å². The number of ketones is 1. The first kappa shape index (κ1) is 30.3. The highest BCUT2D eigenvalue weighted by atomic mass is 16.8. The first-order valence-electron chi connectivity index (χ1n) is 14.6. The highest BCUT2D eigenvalue weighted by molar-refractivity contribution is 6.01. The minimum absolute atomic E-state index is 0.00673. The van der Waals surface area contributed by atoms with Crippen LogP contribution in [0.25, 0.3) is 11.0 Å². The van der Waals surface area contributed by atoms with Crippen LogP contribution >= 0.6 is 0 Å². The summed E-state index contributed by atoms with van der Waals surface area (Å²) in [5, 5.41) is 11.7. The molecule has 3 heterocycles. The van der Waals surface area contributed by atoms with E-state index in [0.29, 0.717) is 6.42 Å². The molecule has 45 heavy (non-hydrogen) atoms. The summed E-state index contributed by atoms with van der Waals surface area (Å²) in [6.07, 6.45) is -4.16. The zero-order chi connectivity index (χ0) is 31.5. The largest absolute Gasteiger partial charge is 0.507 e. The number of ether oxygens (including phenoxy) is 6. The lowest BCUT2D eigenvalue weighted by Crippen LogP contribution is -2.65. The molecule has 6 atom stereocenters. The zero-order valence-electron chi connectivity index (χ0n) is 24.6. The standard InChI is InChI=1S/C34H32O11/c1-19(35)41-31-30-28(18-40-33(45-30)22-7-4-3-5-8-22)44-34(32(31)42-20(2)36)43-27-10-6-9-24(37)29(27)25(38)13-11-21-12-14-26-23(17-21)15-16-39-26/h3-10,12,14-17,28,30-34,37H,11,13,18H2,1-2H3/t28-,30-,31+,32-,33?,34-/m1/s1. The van der Waals surface area contributed by atoms with Gasteiger partial charge >= 0.3 is 11.9 Å². The number of aryl methyl sites for hydroxylation is 1. The average molecular weight is 617 g/mol. The van der Waals surface area contributed by atoms with Gasteiger partial charge in [0.15, 0.2) is 18.2 Å². The fraction of sp³-hybridized carbons (Fsp3) is 0.324. The van der Waals surface area contributed by atoms with Crippen molar-refractivity contribution in [1.29, 1.82) is 0 Å². The number of esters is 2. The Labute approximate surface area is 258 Å². The Morgan fingerprint density at radius 1 is 0.889 bits per heavy atom. The van der Waals surface area contributed by atoms with Crippen LogP contribution in [0.15, 0.2) is 83.5 Å². The number of phenolic OH excluding ortho intramolecular Hbond substituents is 1. The van der Waals surface area contributed by atoms with Gasteiger partial charge in [0, 0.05) is 31.2 Å². The van der Waals surface area contributed by atoms with Gasteiger partial charge in [-0.1, -0.05) is 42.5 Å². The second-order valence-electron chi connectivity index (χ2n) is 10.9. The van der Waals surface area contributed by atoms with Gasteiger partial charge in [-0.3, -0.25) is 14.4 Å². The number of carbonyl (C=O) groups excluding carboxylic acids is 3. The Kier molecular flexibility index (Phi) is 8.83. The van der Waals surface area contributed by atoms with Crippen LogP contribution in [0, 0.1) is 0 Å². The maximum absolute atomic E-state index is 13.5. The van der Waals surface area contributed by atoms with Crippen molar-refractivity contribution in [3.05, 3.63) is 95.7 Å². The summed E-state index contributed by atoms with van der Waals surface area (Å²) < 4.78 is 41.2. The van der Waals surface area contributed by atoms with E-state index in [1.807, 2.05) is 54.6 Å². The molecule has 0 amide bonds. The maximum atomic E-state index is 13.5. The number of fused-ring (bicyclic) bond motifs is 2. The maximum Gasteiger partial charge on any atom is 0.303 e. The molecule has 1 N–H and O–H groups in total. The fourth-order valence-electron chi connectivity index (χ4n) is 5.64. The van der Waals surface area contributed by atoms with E-state index in [1.54, 1.807) is 6.26 Å². The van der Waals surface area contributed by atoms with Gasteiger partial charge in [0.2, 0.25) is 12.4 Å². The van der Waals surface area contributed by atoms with Gasteiger partial charge in [-0.15, -0.1) is 0 Å². The number of aromatic hydroxyl groups is 1. The molecule has 0 aliphatic carbocycles. The molecule has 6 rings (SSSR count). The molecule has 0 saturated carbocycles. The molecule has 1 aromatic heterocycles. The lowest BCUT2D eigenvalue weighted by molar-refractivity contribution is -0.351. The molecule has 0 bridgehead atoms. The summed E-state index contributed by atoms with van der Waals surface area (Å²) in [6.45, 7) is 2.48. The van der Waals surface area contributed by atoms with Crippen molar-refractivity contribution in [1.82, 2.24) is 0 Å². The Bertz CT molecular complexity index is 1680. The van der Waals surface area contributed by atoms with E-state index in [0.717, 1.165) is 22.1 Å². The van der Waals surface area contributed by atoms with Gasteiger partial charge in [-0.2, -0.15) is 0 Å². The molecule has 3 aromatic carbocycles. The van der Waals surface area contributed by atoms with Gasteiger partial charge in [0.05, 0.1) is 12.9 Å². The number of benzene rings is 3. The van der Waals surface area contributed by atoms with Crippen molar-refractivity contribution in [2.75, 3.05) is 6.61 Å². The number of hydrogen-bond donors (Lipinski definition) is 1. The fourth-order valence-corrected chi connectivity index (χ4v) is 5.64. The molecule has 2 aliphatic rings. The zero-order valence-corrected chi connectivity index (χ0v) is 24.6. The van der Waals surface area contributed by atoms with Crippen molar-refractivity contribution in [3.63, 3.8) is 0 Å². The van der Waals surface area contributed by atoms with Crippen LogP contribution < -0.4 is 4.74 Å².